The molecule has 0 saturated carbocycles. The van der Waals surface area contributed by atoms with Crippen LogP contribution in [0.15, 0.2) is 86.0 Å². The Balaban J connectivity index is 1.32. The Kier molecular flexibility index (Phi) is 12.2. The largest absolute Gasteiger partial charge is 0.455 e. The van der Waals surface area contributed by atoms with Crippen LogP contribution in [0.25, 0.3) is 0 Å². The zero-order chi connectivity index (χ0) is 36.7. The van der Waals surface area contributed by atoms with Gasteiger partial charge in [0.1, 0.15) is 17.7 Å². The van der Waals surface area contributed by atoms with Gasteiger partial charge in [-0.1, -0.05) is 72.8 Å². The number of likely N-dealkylation sites (tertiary alicyclic amines) is 1. The Morgan fingerprint density at radius 2 is 1.73 bits per heavy atom. The van der Waals surface area contributed by atoms with Gasteiger partial charge in [-0.2, -0.15) is 0 Å². The summed E-state index contributed by atoms with van der Waals surface area (Å²) < 4.78 is 18.4. The van der Waals surface area contributed by atoms with Crippen molar-refractivity contribution in [2.75, 3.05) is 59.1 Å². The fraction of sp³-hybridized carbons (Fsp3) is 0.500. The van der Waals surface area contributed by atoms with E-state index in [4.69, 9.17) is 14.2 Å². The van der Waals surface area contributed by atoms with Crippen molar-refractivity contribution in [3.8, 4) is 0 Å². The molecule has 6 rings (SSSR count). The molecule has 2 bridgehead atoms. The van der Waals surface area contributed by atoms with Gasteiger partial charge in [-0.25, -0.2) is 0 Å². The van der Waals surface area contributed by atoms with Gasteiger partial charge < -0.3 is 34.4 Å². The Labute approximate surface area is 305 Å². The molecule has 4 saturated heterocycles. The summed E-state index contributed by atoms with van der Waals surface area (Å²) in [6, 6.07) is 16.3. The number of ether oxygens (including phenoxy) is 3. The van der Waals surface area contributed by atoms with E-state index in [-0.39, 0.29) is 31.3 Å². The lowest BCUT2D eigenvalue weighted by Crippen LogP contribution is -2.58. The number of carbonyl (C=O) groups excluding carboxylic acids is 4. The van der Waals surface area contributed by atoms with Crippen LogP contribution >= 0.6 is 0 Å². The van der Waals surface area contributed by atoms with Crippen molar-refractivity contribution < 1.29 is 38.5 Å². The molecule has 4 heterocycles. The lowest BCUT2D eigenvalue weighted by molar-refractivity contribution is -0.161. The highest BCUT2D eigenvalue weighted by atomic mass is 16.6. The molecule has 2 aromatic carbocycles. The first-order chi connectivity index (χ1) is 25.3. The summed E-state index contributed by atoms with van der Waals surface area (Å²) in [6.07, 6.45) is 3.50. The minimum Gasteiger partial charge on any atom is -0.455 e. The first-order valence-corrected chi connectivity index (χ1v) is 18.3. The molecule has 0 aliphatic carbocycles. The van der Waals surface area contributed by atoms with Crippen molar-refractivity contribution >= 4 is 23.7 Å². The lowest BCUT2D eigenvalue weighted by atomic mass is 9.70. The monoisotopic (exact) mass is 714 g/mol. The maximum absolute atomic E-state index is 14.9. The van der Waals surface area contributed by atoms with Gasteiger partial charge >= 0.3 is 5.97 Å². The smallest absolute Gasteiger partial charge is 0.313 e. The van der Waals surface area contributed by atoms with E-state index in [0.29, 0.717) is 56.7 Å². The third-order valence-electron chi connectivity index (χ3n) is 10.9. The maximum Gasteiger partial charge on any atom is 0.313 e. The number of rotatable bonds is 17. The summed E-state index contributed by atoms with van der Waals surface area (Å²) in [6.45, 7) is 11.2. The highest BCUT2D eigenvalue weighted by molar-refractivity contribution is 5.98. The van der Waals surface area contributed by atoms with Crippen molar-refractivity contribution in [1.82, 2.24) is 20.0 Å². The standard InChI is InChI=1S/C40H50N4O8/c1-3-5-16-33(46)41-26-32(29-14-10-7-11-15-29)51-39(49)34-31-17-18-40(52-31)35(34)37(47)44(30(27-45)28-12-8-6-9-13-28)36(40)38(48)43(19-4-2)21-20-42-22-24-50-25-23-42/h3-4,6-15,30-32,34-36,45H,1-2,5,16-27H2,(H,41,46)/t30-,31-,32-,34+,35+,36-,40+/m1/s1. The number of nitrogens with one attached hydrogen (secondary N) is 1. The molecule has 2 N–H and O–H groups in total. The van der Waals surface area contributed by atoms with Crippen LogP contribution in [0.5, 0.6) is 0 Å². The fourth-order valence-corrected chi connectivity index (χ4v) is 8.35. The van der Waals surface area contributed by atoms with Crippen LogP contribution in [0.1, 0.15) is 49.0 Å². The number of aliphatic hydroxyl groups excluding tert-OH is 1. The SMILES string of the molecule is C=CCCC(=O)NC[C@@H](OC(=O)[C@@H]1[C@H]2C(=O)N([C@H](CO)c3ccccc3)[C@H](C(=O)N(CC=C)CCN3CCOCC3)[C@]23CC[C@H]1O3)c1ccccc1. The van der Waals surface area contributed by atoms with E-state index in [1.165, 1.54) is 4.90 Å². The Morgan fingerprint density at radius 3 is 2.38 bits per heavy atom. The molecule has 0 unspecified atom stereocenters. The van der Waals surface area contributed by atoms with E-state index in [1.54, 1.807) is 17.1 Å². The summed E-state index contributed by atoms with van der Waals surface area (Å²) in [4.78, 5) is 62.1. The van der Waals surface area contributed by atoms with Crippen LogP contribution in [0.4, 0.5) is 0 Å². The molecule has 0 radical (unpaired) electrons. The average molecular weight is 715 g/mol. The lowest BCUT2D eigenvalue weighted by Gasteiger charge is -2.40. The van der Waals surface area contributed by atoms with Gasteiger partial charge in [0.2, 0.25) is 17.7 Å². The molecule has 4 aliphatic rings. The summed E-state index contributed by atoms with van der Waals surface area (Å²) in [5.41, 5.74) is 0.0570. The van der Waals surface area contributed by atoms with Crippen molar-refractivity contribution in [3.05, 3.63) is 97.1 Å². The first kappa shape index (κ1) is 37.4. The van der Waals surface area contributed by atoms with E-state index < -0.39 is 60.2 Å². The van der Waals surface area contributed by atoms with Crippen LogP contribution in [0.2, 0.25) is 0 Å². The second-order valence-electron chi connectivity index (χ2n) is 13.9. The van der Waals surface area contributed by atoms with E-state index in [0.717, 1.165) is 13.1 Å². The third-order valence-corrected chi connectivity index (χ3v) is 10.9. The number of fused-ring (bicyclic) bond motifs is 1. The summed E-state index contributed by atoms with van der Waals surface area (Å²) >= 11 is 0. The minimum atomic E-state index is -1.30. The molecule has 12 nitrogen and oxygen atoms in total. The number of hydrogen-bond acceptors (Lipinski definition) is 9. The summed E-state index contributed by atoms with van der Waals surface area (Å²) in [5, 5.41) is 13.7. The van der Waals surface area contributed by atoms with Gasteiger partial charge in [-0.15, -0.1) is 13.2 Å². The Bertz CT molecular complexity index is 1580. The van der Waals surface area contributed by atoms with Gasteiger partial charge in [0.05, 0.1) is 50.3 Å². The molecule has 1 spiro atoms. The molecule has 0 aromatic heterocycles. The first-order valence-electron chi connectivity index (χ1n) is 18.3. The number of amides is 3. The Morgan fingerprint density at radius 1 is 1.04 bits per heavy atom. The van der Waals surface area contributed by atoms with Gasteiger partial charge in [-0.05, 0) is 30.4 Å². The van der Waals surface area contributed by atoms with Crippen LogP contribution in [0, 0.1) is 11.8 Å². The van der Waals surface area contributed by atoms with Gasteiger partial charge in [0.15, 0.2) is 0 Å². The Hall–Kier alpha value is -4.36. The minimum absolute atomic E-state index is 0.0429. The van der Waals surface area contributed by atoms with Crippen LogP contribution in [-0.4, -0.2) is 120 Å². The number of aliphatic hydroxyl groups is 1. The van der Waals surface area contributed by atoms with Gasteiger partial charge in [0.25, 0.3) is 0 Å². The second kappa shape index (κ2) is 17.0. The molecular formula is C40H50N4O8. The van der Waals surface area contributed by atoms with Crippen LogP contribution in [0.3, 0.4) is 0 Å². The van der Waals surface area contributed by atoms with E-state index in [9.17, 15) is 24.3 Å². The zero-order valence-corrected chi connectivity index (χ0v) is 29.6. The van der Waals surface area contributed by atoms with Crippen LogP contribution in [-0.2, 0) is 33.4 Å². The van der Waals surface area contributed by atoms with E-state index in [1.807, 2.05) is 60.7 Å². The maximum atomic E-state index is 14.9. The number of hydrogen-bond donors (Lipinski definition) is 2. The van der Waals surface area contributed by atoms with E-state index in [2.05, 4.69) is 23.4 Å². The number of esters is 1. The molecule has 12 heteroatoms. The highest BCUT2D eigenvalue weighted by Gasteiger charge is 2.75. The van der Waals surface area contributed by atoms with E-state index >= 15 is 0 Å². The molecule has 4 aliphatic heterocycles. The molecular weight excluding hydrogens is 664 g/mol. The fourth-order valence-electron chi connectivity index (χ4n) is 8.35. The van der Waals surface area contributed by atoms with Crippen molar-refractivity contribution in [2.24, 2.45) is 11.8 Å². The second-order valence-corrected chi connectivity index (χ2v) is 13.9. The topological polar surface area (TPSA) is 138 Å². The number of morpholine rings is 1. The quantitative estimate of drug-likeness (QED) is 0.187. The molecule has 278 valence electrons. The molecule has 3 amide bonds. The third kappa shape index (κ3) is 7.57. The van der Waals surface area contributed by atoms with Gasteiger partial charge in [0, 0.05) is 39.1 Å². The van der Waals surface area contributed by atoms with Crippen LogP contribution < -0.4 is 5.32 Å². The zero-order valence-electron chi connectivity index (χ0n) is 29.6. The van der Waals surface area contributed by atoms with Crippen molar-refractivity contribution in [2.45, 2.75) is 55.6 Å². The molecule has 52 heavy (non-hydrogen) atoms. The summed E-state index contributed by atoms with van der Waals surface area (Å²) in [7, 11) is 0. The predicted molar refractivity (Wildman–Crippen MR) is 192 cm³/mol. The predicted octanol–water partition coefficient (Wildman–Crippen LogP) is 2.81. The number of nitrogens with zero attached hydrogens (tertiary/aromatic N) is 3. The molecule has 7 atom stereocenters. The van der Waals surface area contributed by atoms with Crippen molar-refractivity contribution in [1.29, 1.82) is 0 Å². The van der Waals surface area contributed by atoms with Crippen molar-refractivity contribution in [3.63, 3.8) is 0 Å². The molecule has 2 aromatic rings. The molecule has 4 fully saturated rings. The number of carbonyl (C=O) groups is 4. The number of benzene rings is 2. The van der Waals surface area contributed by atoms with Gasteiger partial charge in [-0.3, -0.25) is 24.1 Å². The highest BCUT2D eigenvalue weighted by Crippen LogP contribution is 2.60. The normalized spacial score (nSPS) is 26.3. The average Bonchev–Trinajstić information content (AvgIpc) is 3.83. The summed E-state index contributed by atoms with van der Waals surface area (Å²) in [5.74, 6) is -3.54. The number of allylic oxidation sites excluding steroid dienone is 1.